The van der Waals surface area contributed by atoms with Gasteiger partial charge in [-0.1, -0.05) is 54.6 Å². The van der Waals surface area contributed by atoms with Crippen molar-refractivity contribution in [2.75, 3.05) is 5.75 Å². The molecular weight excluding hydrogens is 402 g/mol. The summed E-state index contributed by atoms with van der Waals surface area (Å²) in [7, 11) is 0. The molecule has 1 N–H and O–H groups in total. The summed E-state index contributed by atoms with van der Waals surface area (Å²) in [5.74, 6) is 0.158. The summed E-state index contributed by atoms with van der Waals surface area (Å²) < 4.78 is 1.60. The first-order chi connectivity index (χ1) is 13.9. The number of aryl methyl sites for hydroxylation is 1. The first kappa shape index (κ1) is 21.3. The van der Waals surface area contributed by atoms with E-state index in [0.29, 0.717) is 21.9 Å². The first-order valence-corrected chi connectivity index (χ1v) is 11.4. The van der Waals surface area contributed by atoms with Gasteiger partial charge in [0.15, 0.2) is 5.16 Å². The summed E-state index contributed by atoms with van der Waals surface area (Å²) in [4.78, 5) is 30.9. The zero-order valence-electron chi connectivity index (χ0n) is 16.9. The number of rotatable bonds is 8. The molecule has 29 heavy (non-hydrogen) atoms. The number of carbonyl (C=O) groups excluding carboxylic acids is 1. The predicted octanol–water partition coefficient (Wildman–Crippen LogP) is 4.63. The van der Waals surface area contributed by atoms with Gasteiger partial charge in [0, 0.05) is 23.5 Å². The van der Waals surface area contributed by atoms with Crippen molar-refractivity contribution in [2.45, 2.75) is 44.9 Å². The smallest absolute Gasteiger partial charge is 0.263 e. The molecule has 5 nitrogen and oxygen atoms in total. The third kappa shape index (κ3) is 4.79. The van der Waals surface area contributed by atoms with E-state index in [-0.39, 0.29) is 23.3 Å². The van der Waals surface area contributed by atoms with Crippen LogP contribution in [-0.2, 0) is 11.3 Å². The highest BCUT2D eigenvalue weighted by molar-refractivity contribution is 7.99. The third-order valence-electron chi connectivity index (χ3n) is 4.69. The minimum absolute atomic E-state index is 0.0598. The standard InChI is InChI=1S/C22H25N3O2S2/c1-5-11-25-21(27)19-17(16-9-7-14(3)8-10-16)12-28-20(19)24-22(25)29-13-18(26)23-15(4)6-2/h5,7-10,12,15H,1,6,11,13H2,2-4H3,(H,23,26). The number of thioether (sulfide) groups is 1. The quantitative estimate of drug-likeness (QED) is 0.323. The molecule has 0 spiro atoms. The van der Waals surface area contributed by atoms with Crippen molar-refractivity contribution in [1.29, 1.82) is 0 Å². The number of thiophene rings is 1. The molecule has 3 aromatic rings. The van der Waals surface area contributed by atoms with Crippen LogP contribution in [0.15, 0.2) is 52.3 Å². The zero-order chi connectivity index (χ0) is 21.0. The zero-order valence-corrected chi connectivity index (χ0v) is 18.5. The number of benzene rings is 1. The van der Waals surface area contributed by atoms with Crippen LogP contribution >= 0.6 is 23.1 Å². The van der Waals surface area contributed by atoms with Gasteiger partial charge in [0.1, 0.15) is 4.83 Å². The molecular formula is C22H25N3O2S2. The van der Waals surface area contributed by atoms with Crippen molar-refractivity contribution in [1.82, 2.24) is 14.9 Å². The fourth-order valence-electron chi connectivity index (χ4n) is 2.90. The highest BCUT2D eigenvalue weighted by Gasteiger charge is 2.18. The summed E-state index contributed by atoms with van der Waals surface area (Å²) in [5.41, 5.74) is 2.96. The minimum Gasteiger partial charge on any atom is -0.353 e. The lowest BCUT2D eigenvalue weighted by Gasteiger charge is -2.13. The topological polar surface area (TPSA) is 64.0 Å². The highest BCUT2D eigenvalue weighted by Crippen LogP contribution is 2.32. The van der Waals surface area contributed by atoms with Crippen LogP contribution in [0.3, 0.4) is 0 Å². The van der Waals surface area contributed by atoms with E-state index in [0.717, 1.165) is 17.5 Å². The Bertz CT molecular complexity index is 1080. The van der Waals surface area contributed by atoms with E-state index >= 15 is 0 Å². The van der Waals surface area contributed by atoms with E-state index in [4.69, 9.17) is 4.98 Å². The molecule has 0 saturated carbocycles. The van der Waals surface area contributed by atoms with Gasteiger partial charge in [-0.15, -0.1) is 17.9 Å². The molecule has 0 fully saturated rings. The molecule has 0 bridgehead atoms. The van der Waals surface area contributed by atoms with Gasteiger partial charge in [-0.3, -0.25) is 14.2 Å². The van der Waals surface area contributed by atoms with Crippen LogP contribution in [0.2, 0.25) is 0 Å². The van der Waals surface area contributed by atoms with E-state index in [2.05, 4.69) is 11.9 Å². The van der Waals surface area contributed by atoms with Gasteiger partial charge >= 0.3 is 0 Å². The van der Waals surface area contributed by atoms with Crippen molar-refractivity contribution in [3.8, 4) is 11.1 Å². The Labute approximate surface area is 178 Å². The van der Waals surface area contributed by atoms with Gasteiger partial charge in [0.25, 0.3) is 5.56 Å². The molecule has 0 saturated heterocycles. The largest absolute Gasteiger partial charge is 0.353 e. The lowest BCUT2D eigenvalue weighted by Crippen LogP contribution is -2.33. The van der Waals surface area contributed by atoms with Crippen LogP contribution in [0.4, 0.5) is 0 Å². The molecule has 1 amide bonds. The maximum atomic E-state index is 13.3. The lowest BCUT2D eigenvalue weighted by atomic mass is 10.1. The van der Waals surface area contributed by atoms with Crippen molar-refractivity contribution in [3.05, 3.63) is 58.2 Å². The predicted molar refractivity (Wildman–Crippen MR) is 123 cm³/mol. The van der Waals surface area contributed by atoms with Crippen LogP contribution in [0, 0.1) is 6.92 Å². The summed E-state index contributed by atoms with van der Waals surface area (Å²) in [6.07, 6.45) is 2.55. The molecule has 3 rings (SSSR count). The molecule has 1 atom stereocenters. The number of hydrogen-bond acceptors (Lipinski definition) is 5. The van der Waals surface area contributed by atoms with Crippen molar-refractivity contribution in [3.63, 3.8) is 0 Å². The summed E-state index contributed by atoms with van der Waals surface area (Å²) in [6, 6.07) is 8.25. The third-order valence-corrected chi connectivity index (χ3v) is 6.53. The average Bonchev–Trinajstić information content (AvgIpc) is 3.13. The first-order valence-electron chi connectivity index (χ1n) is 9.56. The van der Waals surface area contributed by atoms with E-state index in [1.807, 2.05) is 50.4 Å². The number of hydrogen-bond donors (Lipinski definition) is 1. The van der Waals surface area contributed by atoms with Crippen LogP contribution in [-0.4, -0.2) is 27.3 Å². The number of allylic oxidation sites excluding steroid dienone is 1. The van der Waals surface area contributed by atoms with Crippen LogP contribution < -0.4 is 10.9 Å². The Morgan fingerprint density at radius 2 is 2.10 bits per heavy atom. The monoisotopic (exact) mass is 427 g/mol. The van der Waals surface area contributed by atoms with Crippen LogP contribution in [0.5, 0.6) is 0 Å². The van der Waals surface area contributed by atoms with Gasteiger partial charge < -0.3 is 5.32 Å². The minimum atomic E-state index is -0.100. The fraction of sp³-hybridized carbons (Fsp3) is 0.318. The molecule has 7 heteroatoms. The van der Waals surface area contributed by atoms with Gasteiger partial charge in [-0.25, -0.2) is 4.98 Å². The maximum Gasteiger partial charge on any atom is 0.263 e. The normalized spacial score (nSPS) is 12.1. The molecule has 0 aliphatic heterocycles. The summed E-state index contributed by atoms with van der Waals surface area (Å²) in [6.45, 7) is 10.1. The Balaban J connectivity index is 1.98. The second-order valence-electron chi connectivity index (χ2n) is 6.96. The number of nitrogens with one attached hydrogen (secondary N) is 1. The molecule has 1 unspecified atom stereocenters. The van der Waals surface area contributed by atoms with E-state index in [1.54, 1.807) is 10.6 Å². The number of nitrogens with zero attached hydrogens (tertiary/aromatic N) is 2. The van der Waals surface area contributed by atoms with Gasteiger partial charge in [0.05, 0.1) is 11.1 Å². The molecule has 0 radical (unpaired) electrons. The van der Waals surface area contributed by atoms with Gasteiger partial charge in [-0.2, -0.15) is 0 Å². The Morgan fingerprint density at radius 1 is 1.38 bits per heavy atom. The number of aromatic nitrogens is 2. The Morgan fingerprint density at radius 3 is 2.76 bits per heavy atom. The van der Waals surface area contributed by atoms with Crippen LogP contribution in [0.1, 0.15) is 25.8 Å². The number of carbonyl (C=O) groups is 1. The van der Waals surface area contributed by atoms with Crippen LogP contribution in [0.25, 0.3) is 21.3 Å². The fourth-order valence-corrected chi connectivity index (χ4v) is 4.71. The maximum absolute atomic E-state index is 13.3. The molecule has 152 valence electrons. The Hall–Kier alpha value is -2.38. The highest BCUT2D eigenvalue weighted by atomic mass is 32.2. The van der Waals surface area contributed by atoms with Crippen molar-refractivity contribution in [2.24, 2.45) is 0 Å². The average molecular weight is 428 g/mol. The summed E-state index contributed by atoms with van der Waals surface area (Å²) in [5, 5.41) is 6.08. The van der Waals surface area contributed by atoms with Crippen molar-refractivity contribution >= 4 is 39.2 Å². The van der Waals surface area contributed by atoms with E-state index < -0.39 is 0 Å². The number of fused-ring (bicyclic) bond motifs is 1. The molecule has 2 aromatic heterocycles. The van der Waals surface area contributed by atoms with Gasteiger partial charge in [0.2, 0.25) is 5.91 Å². The number of amides is 1. The second kappa shape index (κ2) is 9.41. The lowest BCUT2D eigenvalue weighted by molar-refractivity contribution is -0.119. The van der Waals surface area contributed by atoms with E-state index in [9.17, 15) is 9.59 Å². The summed E-state index contributed by atoms with van der Waals surface area (Å²) >= 11 is 2.73. The van der Waals surface area contributed by atoms with Crippen molar-refractivity contribution < 1.29 is 4.79 Å². The Kier molecular flexibility index (Phi) is 6.92. The SMILES string of the molecule is C=CCn1c(SCC(=O)NC(C)CC)nc2scc(-c3ccc(C)cc3)c2c1=O. The van der Waals surface area contributed by atoms with Gasteiger partial charge in [-0.05, 0) is 25.8 Å². The molecule has 2 heterocycles. The molecule has 0 aliphatic rings. The molecule has 0 aliphatic carbocycles. The second-order valence-corrected chi connectivity index (χ2v) is 8.76. The van der Waals surface area contributed by atoms with E-state index in [1.165, 1.54) is 28.7 Å². The molecule has 1 aromatic carbocycles.